The van der Waals surface area contributed by atoms with E-state index in [1.807, 2.05) is 29.2 Å². The van der Waals surface area contributed by atoms with E-state index in [-0.39, 0.29) is 30.0 Å². The van der Waals surface area contributed by atoms with Crippen molar-refractivity contribution in [2.24, 2.45) is 0 Å². The summed E-state index contributed by atoms with van der Waals surface area (Å²) in [6, 6.07) is 5.40. The minimum absolute atomic E-state index is 0.0543. The molecule has 2 aliphatic rings. The number of amides is 4. The van der Waals surface area contributed by atoms with E-state index in [1.54, 1.807) is 32.8 Å². The number of carbonyl (C=O) groups is 4. The Morgan fingerprint density at radius 3 is 1.68 bits per heavy atom. The highest BCUT2D eigenvalue weighted by molar-refractivity contribution is 5.90. The lowest BCUT2D eigenvalue weighted by atomic mass is 10.0. The summed E-state index contributed by atoms with van der Waals surface area (Å²) in [6.45, 7) is 6.36. The normalized spacial score (nSPS) is 17.8. The van der Waals surface area contributed by atoms with Crippen LogP contribution in [0.4, 0.5) is 0 Å². The fourth-order valence-electron chi connectivity index (χ4n) is 4.79. The molecule has 10 heteroatoms. The molecule has 2 aliphatic heterocycles. The molecule has 0 aromatic heterocycles. The van der Waals surface area contributed by atoms with Crippen LogP contribution >= 0.6 is 0 Å². The van der Waals surface area contributed by atoms with E-state index in [9.17, 15) is 19.2 Å². The molecular weight excluding hydrogens is 508 g/mol. The van der Waals surface area contributed by atoms with Crippen molar-refractivity contribution in [1.29, 1.82) is 0 Å². The Labute approximate surface area is 238 Å². The smallest absolute Gasteiger partial charge is 0.246 e. The average Bonchev–Trinajstić information content (AvgIpc) is 3.70. The van der Waals surface area contributed by atoms with E-state index >= 15 is 0 Å². The Hall–Kier alpha value is -3.42. The lowest BCUT2D eigenvalue weighted by molar-refractivity contribution is -0.136. The molecule has 1 aromatic carbocycles. The van der Waals surface area contributed by atoms with Crippen molar-refractivity contribution >= 4 is 23.6 Å². The maximum atomic E-state index is 13.2. The maximum absolute atomic E-state index is 13.2. The summed E-state index contributed by atoms with van der Waals surface area (Å²) in [6.07, 6.45) is 4.50. The number of likely N-dealkylation sites (tertiary alicyclic amines) is 2. The number of benzene rings is 1. The van der Waals surface area contributed by atoms with Gasteiger partial charge < -0.3 is 31.1 Å². The first-order valence-corrected chi connectivity index (χ1v) is 14.3. The third-order valence-corrected chi connectivity index (χ3v) is 7.65. The molecule has 0 aliphatic carbocycles. The molecule has 0 unspecified atom stereocenters. The molecule has 0 radical (unpaired) electrons. The van der Waals surface area contributed by atoms with E-state index in [2.05, 4.69) is 33.1 Å². The monoisotopic (exact) mass is 552 g/mol. The Kier molecular flexibility index (Phi) is 12.0. The first kappa shape index (κ1) is 31.1. The Balaban J connectivity index is 1.67. The van der Waals surface area contributed by atoms with Crippen LogP contribution in [-0.4, -0.2) is 97.9 Å². The molecule has 4 N–H and O–H groups in total. The highest BCUT2D eigenvalue weighted by atomic mass is 16.2. The van der Waals surface area contributed by atoms with Crippen LogP contribution in [0.25, 0.3) is 0 Å². The molecule has 0 bridgehead atoms. The van der Waals surface area contributed by atoms with Crippen molar-refractivity contribution in [3.8, 4) is 11.8 Å². The zero-order valence-electron chi connectivity index (χ0n) is 24.2. The molecule has 2 fully saturated rings. The van der Waals surface area contributed by atoms with Gasteiger partial charge in [-0.15, -0.1) is 0 Å². The summed E-state index contributed by atoms with van der Waals surface area (Å²) >= 11 is 0. The zero-order chi connectivity index (χ0) is 29.1. The molecule has 3 rings (SSSR count). The zero-order valence-corrected chi connectivity index (χ0v) is 24.2. The summed E-state index contributed by atoms with van der Waals surface area (Å²) in [5.41, 5.74) is 1.68. The number of likely N-dealkylation sites (N-methyl/N-ethyl adjacent to an activating group) is 2. The number of carbonyl (C=O) groups excluding carboxylic acids is 4. The van der Waals surface area contributed by atoms with Gasteiger partial charge in [-0.05, 0) is 71.3 Å². The van der Waals surface area contributed by atoms with Gasteiger partial charge in [-0.3, -0.25) is 19.2 Å². The third kappa shape index (κ3) is 8.80. The molecule has 40 heavy (non-hydrogen) atoms. The molecule has 218 valence electrons. The third-order valence-electron chi connectivity index (χ3n) is 7.65. The standard InChI is InChI=1S/C30H44N6O4/c1-21(31-3)27(37)33-25(29(39)35-16-5-6-17-35)11-9-10-23-12-14-24(15-13-23)20-26(34-28(38)22(2)32-4)30(40)36-18-7-8-19-36/h12-15,21-22,25-26,31-32H,5-8,11,16-20H2,1-4H3,(H,33,37)(H,34,38)/t21-,22-,25-,26-/m0/s1. The number of nitrogens with zero attached hydrogens (tertiary/aromatic N) is 2. The summed E-state index contributed by atoms with van der Waals surface area (Å²) in [5.74, 6) is 5.57. The van der Waals surface area contributed by atoms with Gasteiger partial charge in [-0.25, -0.2) is 0 Å². The molecular formula is C30H44N6O4. The van der Waals surface area contributed by atoms with Gasteiger partial charge in [0.2, 0.25) is 23.6 Å². The molecule has 10 nitrogen and oxygen atoms in total. The van der Waals surface area contributed by atoms with Crippen LogP contribution in [0, 0.1) is 11.8 Å². The maximum Gasteiger partial charge on any atom is 0.246 e. The van der Waals surface area contributed by atoms with Crippen molar-refractivity contribution in [3.63, 3.8) is 0 Å². The van der Waals surface area contributed by atoms with Crippen LogP contribution < -0.4 is 21.3 Å². The summed E-state index contributed by atoms with van der Waals surface area (Å²) < 4.78 is 0. The van der Waals surface area contributed by atoms with Crippen LogP contribution in [0.15, 0.2) is 24.3 Å². The number of rotatable bonds is 11. The molecule has 0 spiro atoms. The predicted molar refractivity (Wildman–Crippen MR) is 154 cm³/mol. The quantitative estimate of drug-likeness (QED) is 0.295. The fourth-order valence-corrected chi connectivity index (χ4v) is 4.79. The van der Waals surface area contributed by atoms with Gasteiger partial charge in [0, 0.05) is 44.6 Å². The first-order valence-electron chi connectivity index (χ1n) is 14.3. The van der Waals surface area contributed by atoms with E-state index in [1.165, 1.54) is 0 Å². The summed E-state index contributed by atoms with van der Waals surface area (Å²) in [4.78, 5) is 54.8. The Bertz CT molecular complexity index is 1080. The van der Waals surface area contributed by atoms with Gasteiger partial charge in [-0.1, -0.05) is 24.0 Å². The second-order valence-electron chi connectivity index (χ2n) is 10.6. The minimum Gasteiger partial charge on any atom is -0.343 e. The predicted octanol–water partition coefficient (Wildman–Crippen LogP) is 0.401. The molecule has 4 atom stereocenters. The van der Waals surface area contributed by atoms with Crippen molar-refractivity contribution in [1.82, 2.24) is 31.1 Å². The Morgan fingerprint density at radius 1 is 0.750 bits per heavy atom. The highest BCUT2D eigenvalue weighted by Crippen LogP contribution is 2.14. The lowest BCUT2D eigenvalue weighted by Crippen LogP contribution is -2.52. The van der Waals surface area contributed by atoms with Gasteiger partial charge >= 0.3 is 0 Å². The number of nitrogens with one attached hydrogen (secondary N) is 4. The molecule has 1 aromatic rings. The van der Waals surface area contributed by atoms with Gasteiger partial charge in [0.15, 0.2) is 0 Å². The number of hydrogen-bond acceptors (Lipinski definition) is 6. The van der Waals surface area contributed by atoms with E-state index in [4.69, 9.17) is 0 Å². The molecule has 2 heterocycles. The SMILES string of the molecule is CN[C@@H](C)C(=O)N[C@@H](CC#Cc1ccc(C[C@H](NC(=O)[C@H](C)NC)C(=O)N2CCCC2)cc1)C(=O)N1CCCC1. The largest absolute Gasteiger partial charge is 0.343 e. The van der Waals surface area contributed by atoms with Crippen LogP contribution in [0.5, 0.6) is 0 Å². The topological polar surface area (TPSA) is 123 Å². The average molecular weight is 553 g/mol. The minimum atomic E-state index is -0.700. The first-order chi connectivity index (χ1) is 19.2. The Morgan fingerprint density at radius 2 is 1.20 bits per heavy atom. The van der Waals surface area contributed by atoms with Crippen LogP contribution in [-0.2, 0) is 25.6 Å². The molecule has 4 amide bonds. The summed E-state index contributed by atoms with van der Waals surface area (Å²) in [5, 5.41) is 11.6. The second-order valence-corrected chi connectivity index (χ2v) is 10.6. The van der Waals surface area contributed by atoms with Crippen LogP contribution in [0.1, 0.15) is 57.1 Å². The van der Waals surface area contributed by atoms with Crippen molar-refractivity contribution in [2.75, 3.05) is 40.3 Å². The molecule has 2 saturated heterocycles. The van der Waals surface area contributed by atoms with Gasteiger partial charge in [-0.2, -0.15) is 0 Å². The molecule has 0 saturated carbocycles. The van der Waals surface area contributed by atoms with E-state index in [0.29, 0.717) is 19.5 Å². The van der Waals surface area contributed by atoms with Gasteiger partial charge in [0.1, 0.15) is 12.1 Å². The summed E-state index contributed by atoms with van der Waals surface area (Å²) in [7, 11) is 3.41. The van der Waals surface area contributed by atoms with E-state index in [0.717, 1.165) is 49.9 Å². The van der Waals surface area contributed by atoms with Crippen molar-refractivity contribution < 1.29 is 19.2 Å². The van der Waals surface area contributed by atoms with E-state index < -0.39 is 24.2 Å². The fraction of sp³-hybridized carbons (Fsp3) is 0.600. The lowest BCUT2D eigenvalue weighted by Gasteiger charge is -2.25. The van der Waals surface area contributed by atoms with Crippen LogP contribution in [0.2, 0.25) is 0 Å². The van der Waals surface area contributed by atoms with Crippen molar-refractivity contribution in [3.05, 3.63) is 35.4 Å². The van der Waals surface area contributed by atoms with Gasteiger partial charge in [0.25, 0.3) is 0 Å². The van der Waals surface area contributed by atoms with Gasteiger partial charge in [0.05, 0.1) is 12.1 Å². The van der Waals surface area contributed by atoms with Crippen LogP contribution in [0.3, 0.4) is 0 Å². The van der Waals surface area contributed by atoms with Crippen molar-refractivity contribution in [2.45, 2.75) is 76.5 Å². The number of hydrogen-bond donors (Lipinski definition) is 4. The highest BCUT2D eigenvalue weighted by Gasteiger charge is 2.30. The second kappa shape index (κ2) is 15.4.